The van der Waals surface area contributed by atoms with Crippen LogP contribution in [0.3, 0.4) is 0 Å². The van der Waals surface area contributed by atoms with Crippen molar-refractivity contribution in [2.24, 2.45) is 0 Å². The Bertz CT molecular complexity index is 729. The topological polar surface area (TPSA) is 98.3 Å². The molecule has 0 unspecified atom stereocenters. The smallest absolute Gasteiger partial charge is 0.264 e. The Morgan fingerprint density at radius 1 is 1.27 bits per heavy atom. The zero-order chi connectivity index (χ0) is 16.0. The molecule has 1 aromatic heterocycles. The first-order valence-corrected chi connectivity index (χ1v) is 9.02. The van der Waals surface area contributed by atoms with E-state index in [2.05, 4.69) is 15.5 Å². The minimum Gasteiger partial charge on any atom is -0.484 e. The van der Waals surface area contributed by atoms with Crippen molar-refractivity contribution in [1.29, 1.82) is 0 Å². The predicted octanol–water partition coefficient (Wildman–Crippen LogP) is 1.74. The molecule has 1 N–H and O–H groups in total. The fraction of sp³-hybridized carbons (Fsp3) is 0.308. The van der Waals surface area contributed by atoms with Gasteiger partial charge in [-0.3, -0.25) is 10.1 Å². The molecule has 2 aromatic rings. The molecule has 2 rings (SSSR count). The van der Waals surface area contributed by atoms with Gasteiger partial charge in [0.25, 0.3) is 5.91 Å². The highest BCUT2D eigenvalue weighted by molar-refractivity contribution is 7.93. The van der Waals surface area contributed by atoms with Gasteiger partial charge in [-0.15, -0.1) is 10.2 Å². The number of anilines is 1. The van der Waals surface area contributed by atoms with E-state index in [0.29, 0.717) is 12.2 Å². The number of nitrogens with zero attached hydrogens (tertiary/aromatic N) is 2. The second kappa shape index (κ2) is 7.32. The second-order valence-corrected chi connectivity index (χ2v) is 7.60. The van der Waals surface area contributed by atoms with Crippen molar-refractivity contribution < 1.29 is 17.9 Å². The molecule has 0 atom stereocenters. The molecule has 1 amide bonds. The van der Waals surface area contributed by atoms with Crippen LogP contribution in [0, 0.1) is 0 Å². The van der Waals surface area contributed by atoms with Crippen LogP contribution in [0.4, 0.5) is 5.13 Å². The third-order valence-corrected chi connectivity index (χ3v) is 5.71. The van der Waals surface area contributed by atoms with Gasteiger partial charge in [0, 0.05) is 0 Å². The number of ether oxygens (including phenoxy) is 1. The molecule has 22 heavy (non-hydrogen) atoms. The van der Waals surface area contributed by atoms with Crippen molar-refractivity contribution in [3.8, 4) is 5.75 Å². The molecule has 118 valence electrons. The summed E-state index contributed by atoms with van der Waals surface area (Å²) < 4.78 is 28.8. The predicted molar refractivity (Wildman–Crippen MR) is 82.8 cm³/mol. The summed E-state index contributed by atoms with van der Waals surface area (Å²) in [7, 11) is -3.42. The molecular formula is C13H15N3O4S2. The molecule has 0 radical (unpaired) electrons. The zero-order valence-corrected chi connectivity index (χ0v) is 13.5. The summed E-state index contributed by atoms with van der Waals surface area (Å²) in [6, 6.07) is 8.89. The number of carbonyl (C=O) groups is 1. The van der Waals surface area contributed by atoms with Gasteiger partial charge in [0.1, 0.15) is 5.75 Å². The average molecular weight is 341 g/mol. The highest BCUT2D eigenvalue weighted by atomic mass is 32.2. The van der Waals surface area contributed by atoms with Crippen LogP contribution in [0.15, 0.2) is 34.7 Å². The first kappa shape index (κ1) is 16.4. The molecule has 7 nitrogen and oxygen atoms in total. The molecule has 0 saturated heterocycles. The van der Waals surface area contributed by atoms with Crippen molar-refractivity contribution in [2.45, 2.75) is 17.7 Å². The zero-order valence-electron chi connectivity index (χ0n) is 11.9. The standard InChI is InChI=1S/C13H15N3O4S2/c1-2-8-22(18,19)13-16-15-12(21-13)14-11(17)9-20-10-6-4-3-5-7-10/h3-7H,2,8-9H2,1H3,(H,14,15,17). The Morgan fingerprint density at radius 3 is 2.68 bits per heavy atom. The molecule has 0 aliphatic heterocycles. The van der Waals surface area contributed by atoms with Crippen molar-refractivity contribution in [3.05, 3.63) is 30.3 Å². The van der Waals surface area contributed by atoms with Crippen LogP contribution in [-0.2, 0) is 14.6 Å². The number of hydrogen-bond acceptors (Lipinski definition) is 7. The highest BCUT2D eigenvalue weighted by Crippen LogP contribution is 2.21. The average Bonchev–Trinajstić information content (AvgIpc) is 2.95. The lowest BCUT2D eigenvalue weighted by atomic mass is 10.3. The van der Waals surface area contributed by atoms with E-state index in [1.54, 1.807) is 31.2 Å². The number of sulfone groups is 1. The van der Waals surface area contributed by atoms with E-state index >= 15 is 0 Å². The quantitative estimate of drug-likeness (QED) is 0.770. The Kier molecular flexibility index (Phi) is 5.45. The fourth-order valence-corrected chi connectivity index (χ4v) is 3.93. The molecule has 0 aliphatic rings. The summed E-state index contributed by atoms with van der Waals surface area (Å²) in [4.78, 5) is 11.7. The number of benzene rings is 1. The lowest BCUT2D eigenvalue weighted by Gasteiger charge is -2.04. The van der Waals surface area contributed by atoms with Gasteiger partial charge in [-0.1, -0.05) is 36.5 Å². The fourth-order valence-electron chi connectivity index (χ4n) is 1.56. The summed E-state index contributed by atoms with van der Waals surface area (Å²) in [5, 5.41) is 9.86. The van der Waals surface area contributed by atoms with Gasteiger partial charge in [-0.2, -0.15) is 0 Å². The van der Waals surface area contributed by atoms with E-state index in [4.69, 9.17) is 4.74 Å². The lowest BCUT2D eigenvalue weighted by molar-refractivity contribution is -0.118. The summed E-state index contributed by atoms with van der Waals surface area (Å²) in [5.74, 6) is 0.146. The normalized spacial score (nSPS) is 11.1. The maximum atomic E-state index is 11.8. The molecule has 9 heteroatoms. The lowest BCUT2D eigenvalue weighted by Crippen LogP contribution is -2.20. The first-order chi connectivity index (χ1) is 10.5. The number of aromatic nitrogens is 2. The number of amides is 1. The third kappa shape index (κ3) is 4.50. The highest BCUT2D eigenvalue weighted by Gasteiger charge is 2.20. The van der Waals surface area contributed by atoms with Crippen molar-refractivity contribution >= 4 is 32.2 Å². The monoisotopic (exact) mass is 341 g/mol. The Labute approximate surface area is 132 Å². The molecule has 0 fully saturated rings. The summed E-state index contributed by atoms with van der Waals surface area (Å²) in [6.45, 7) is 1.57. The number of nitrogens with one attached hydrogen (secondary N) is 1. The van der Waals surface area contributed by atoms with Crippen LogP contribution in [-0.4, -0.2) is 36.9 Å². The van der Waals surface area contributed by atoms with E-state index in [0.717, 1.165) is 11.3 Å². The molecular weight excluding hydrogens is 326 g/mol. The maximum Gasteiger partial charge on any atom is 0.264 e. The maximum absolute atomic E-state index is 11.8. The molecule has 0 saturated carbocycles. The van der Waals surface area contributed by atoms with Crippen molar-refractivity contribution in [1.82, 2.24) is 10.2 Å². The van der Waals surface area contributed by atoms with E-state index < -0.39 is 15.7 Å². The number of carbonyl (C=O) groups excluding carboxylic acids is 1. The van der Waals surface area contributed by atoms with Crippen molar-refractivity contribution in [3.63, 3.8) is 0 Å². The van der Waals surface area contributed by atoms with E-state index in [1.807, 2.05) is 6.07 Å². The molecule has 0 bridgehead atoms. The summed E-state index contributed by atoms with van der Waals surface area (Å²) in [6.07, 6.45) is 0.495. The molecule has 1 heterocycles. The second-order valence-electron chi connectivity index (χ2n) is 4.34. The van der Waals surface area contributed by atoms with Gasteiger partial charge < -0.3 is 4.74 Å². The van der Waals surface area contributed by atoms with Gasteiger partial charge in [0.05, 0.1) is 5.75 Å². The summed E-state index contributed by atoms with van der Waals surface area (Å²) >= 11 is 0.832. The van der Waals surface area contributed by atoms with Crippen LogP contribution in [0.1, 0.15) is 13.3 Å². The molecule has 0 aliphatic carbocycles. The number of rotatable bonds is 7. The summed E-state index contributed by atoms with van der Waals surface area (Å²) in [5.41, 5.74) is 0. The minimum atomic E-state index is -3.42. The Hall–Kier alpha value is -2.00. The minimum absolute atomic E-state index is 0.00664. The first-order valence-electron chi connectivity index (χ1n) is 6.55. The number of hydrogen-bond donors (Lipinski definition) is 1. The van der Waals surface area contributed by atoms with Gasteiger partial charge >= 0.3 is 0 Å². The number of para-hydroxylation sites is 1. The Balaban J connectivity index is 1.91. The van der Waals surface area contributed by atoms with Gasteiger partial charge in [-0.25, -0.2) is 8.42 Å². The van der Waals surface area contributed by atoms with Gasteiger partial charge in [0.15, 0.2) is 6.61 Å². The van der Waals surface area contributed by atoms with Crippen LogP contribution >= 0.6 is 11.3 Å². The SMILES string of the molecule is CCCS(=O)(=O)c1nnc(NC(=O)COc2ccccc2)s1. The van der Waals surface area contributed by atoms with E-state index in [1.165, 1.54) is 0 Å². The van der Waals surface area contributed by atoms with Crippen LogP contribution in [0.5, 0.6) is 5.75 Å². The van der Waals surface area contributed by atoms with E-state index in [9.17, 15) is 13.2 Å². The van der Waals surface area contributed by atoms with E-state index in [-0.39, 0.29) is 21.8 Å². The van der Waals surface area contributed by atoms with Crippen LogP contribution in [0.2, 0.25) is 0 Å². The van der Waals surface area contributed by atoms with Gasteiger partial charge in [0.2, 0.25) is 19.3 Å². The van der Waals surface area contributed by atoms with Gasteiger partial charge in [-0.05, 0) is 18.6 Å². The largest absolute Gasteiger partial charge is 0.484 e. The van der Waals surface area contributed by atoms with Crippen molar-refractivity contribution in [2.75, 3.05) is 17.7 Å². The van der Waals surface area contributed by atoms with Crippen LogP contribution < -0.4 is 10.1 Å². The van der Waals surface area contributed by atoms with Crippen LogP contribution in [0.25, 0.3) is 0 Å². The Morgan fingerprint density at radius 2 is 2.00 bits per heavy atom. The molecule has 0 spiro atoms. The third-order valence-electron chi connectivity index (χ3n) is 2.50. The molecule has 1 aromatic carbocycles.